The van der Waals surface area contributed by atoms with Gasteiger partial charge in [-0.25, -0.2) is 9.59 Å². The van der Waals surface area contributed by atoms with E-state index in [0.29, 0.717) is 21.5 Å². The Morgan fingerprint density at radius 3 is 1.45 bits per heavy atom. The summed E-state index contributed by atoms with van der Waals surface area (Å²) >= 11 is 20.9. The summed E-state index contributed by atoms with van der Waals surface area (Å²) in [4.78, 5) is 43.6. The molecule has 7 N–H and O–H groups in total. The number of non-ortho nitro benzene ring substituents is 2. The van der Waals surface area contributed by atoms with Crippen molar-refractivity contribution in [3.63, 3.8) is 0 Å². The van der Waals surface area contributed by atoms with Gasteiger partial charge in [-0.3, -0.25) is 20.2 Å². The number of amides is 4. The summed E-state index contributed by atoms with van der Waals surface area (Å²) in [7, 11) is 1.44. The van der Waals surface area contributed by atoms with E-state index in [2.05, 4.69) is 68.5 Å². The van der Waals surface area contributed by atoms with E-state index < -0.39 is 33.4 Å². The van der Waals surface area contributed by atoms with E-state index in [1.807, 2.05) is 0 Å². The molecular formula is C27H22BBr3Cl2N6O10. The first-order chi connectivity index (χ1) is 23.0. The van der Waals surface area contributed by atoms with Crippen molar-refractivity contribution in [1.82, 2.24) is 0 Å². The Hall–Kier alpha value is -4.50. The number of benzene rings is 4. The predicted molar refractivity (Wildman–Crippen MR) is 198 cm³/mol. The topological polar surface area (TPSA) is 238 Å². The number of phenols is 3. The smallest absolute Gasteiger partial charge is 0.369 e. The standard InChI is InChI=1S/C14H12ClN3O5.C13H10ClN3O5.BBr3/c1-23-13-5-2-8(15)6-11(13)17-14(20)16-10-4-3-9(18(21)22)7-12(10)19;14-7-1-4-11(18)10(5-7)16-13(20)15-9-3-2-8(17(21)22)6-12(9)19;2-1(3)4/h2-7,19H,1H3,(H2,16,17,20);1-6,18-19H,(H2,15,16,20);. The second-order valence-corrected chi connectivity index (χ2v) is 16.1. The number of nitro groups is 2. The van der Waals surface area contributed by atoms with Crippen LogP contribution in [0.5, 0.6) is 23.0 Å². The van der Waals surface area contributed by atoms with E-state index in [4.69, 9.17) is 27.9 Å². The number of urea groups is 2. The summed E-state index contributed by atoms with van der Waals surface area (Å²) in [6.07, 6.45) is 0. The van der Waals surface area contributed by atoms with E-state index >= 15 is 0 Å². The van der Waals surface area contributed by atoms with Gasteiger partial charge < -0.3 is 41.3 Å². The number of carbonyl (C=O) groups excluding carboxylic acids is 2. The average Bonchev–Trinajstić information content (AvgIpc) is 3.01. The van der Waals surface area contributed by atoms with Crippen LogP contribution in [0, 0.1) is 20.2 Å². The maximum Gasteiger partial charge on any atom is 0.369 e. The zero-order valence-corrected chi connectivity index (χ0v) is 30.8. The number of carbonyl (C=O) groups is 2. The number of halogens is 5. The van der Waals surface area contributed by atoms with E-state index in [1.54, 1.807) is 12.1 Å². The van der Waals surface area contributed by atoms with Crippen LogP contribution in [-0.4, -0.2) is 47.5 Å². The number of nitrogens with one attached hydrogen (secondary N) is 4. The van der Waals surface area contributed by atoms with Gasteiger partial charge in [-0.2, -0.15) is 0 Å². The van der Waals surface area contributed by atoms with Crippen LogP contribution in [0.25, 0.3) is 0 Å². The zero-order valence-electron chi connectivity index (χ0n) is 24.5. The average molecular weight is 912 g/mol. The van der Waals surface area contributed by atoms with Gasteiger partial charge in [0.15, 0.2) is 0 Å². The molecule has 4 rings (SSSR count). The fourth-order valence-corrected chi connectivity index (χ4v) is 3.76. The Kier molecular flexibility index (Phi) is 16.2. The van der Waals surface area contributed by atoms with Crippen LogP contribution in [0.15, 0.2) is 72.8 Å². The normalized spacial score (nSPS) is 9.76. The minimum Gasteiger partial charge on any atom is -0.506 e. The Balaban J connectivity index is 0.000000307. The second kappa shape index (κ2) is 19.5. The third kappa shape index (κ3) is 13.9. The third-order valence-corrected chi connectivity index (χ3v) is 5.97. The Morgan fingerprint density at radius 1 is 0.653 bits per heavy atom. The Bertz CT molecular complexity index is 1840. The van der Waals surface area contributed by atoms with Crippen LogP contribution in [0.4, 0.5) is 43.7 Å². The van der Waals surface area contributed by atoms with Crippen molar-refractivity contribution in [1.29, 1.82) is 0 Å². The quantitative estimate of drug-likeness (QED) is 0.0402. The number of hydrogen-bond donors (Lipinski definition) is 7. The molecular weight excluding hydrogens is 890 g/mol. The summed E-state index contributed by atoms with van der Waals surface area (Å²) in [6.45, 7) is 0. The number of hydrogen-bond acceptors (Lipinski definition) is 10. The third-order valence-electron chi connectivity index (χ3n) is 5.50. The highest BCUT2D eigenvalue weighted by Crippen LogP contribution is 2.31. The van der Waals surface area contributed by atoms with E-state index in [1.165, 1.54) is 43.5 Å². The van der Waals surface area contributed by atoms with Gasteiger partial charge in [0, 0.05) is 22.2 Å². The summed E-state index contributed by atoms with van der Waals surface area (Å²) in [6, 6.07) is 13.9. The van der Waals surface area contributed by atoms with Crippen LogP contribution in [0.2, 0.25) is 10.0 Å². The monoisotopic (exact) mass is 908 g/mol. The number of anilines is 4. The first-order valence-corrected chi connectivity index (χ1v) is 16.4. The molecule has 0 atom stereocenters. The lowest BCUT2D eigenvalue weighted by Crippen LogP contribution is -2.19. The van der Waals surface area contributed by atoms with Gasteiger partial charge in [0.1, 0.15) is 23.0 Å². The minimum absolute atomic E-state index is 0.0223. The van der Waals surface area contributed by atoms with E-state index in [0.717, 1.165) is 24.3 Å². The molecule has 4 amide bonds. The lowest BCUT2D eigenvalue weighted by atomic mass is 10.2. The molecule has 4 aromatic rings. The van der Waals surface area contributed by atoms with Gasteiger partial charge in [0.05, 0.1) is 51.8 Å². The Labute approximate surface area is 312 Å². The molecule has 4 aromatic carbocycles. The van der Waals surface area contributed by atoms with Crippen molar-refractivity contribution in [2.45, 2.75) is 0 Å². The first kappa shape index (κ1) is 40.7. The van der Waals surface area contributed by atoms with Crippen LogP contribution >= 0.6 is 70.5 Å². The number of aromatic hydroxyl groups is 3. The van der Waals surface area contributed by atoms with Gasteiger partial charge in [-0.1, -0.05) is 23.2 Å². The maximum atomic E-state index is 12.0. The molecule has 0 radical (unpaired) electrons. The minimum atomic E-state index is -0.762. The van der Waals surface area contributed by atoms with Crippen LogP contribution in [-0.2, 0) is 0 Å². The molecule has 0 aliphatic heterocycles. The molecule has 0 saturated carbocycles. The summed E-state index contributed by atoms with van der Waals surface area (Å²) in [5, 5.41) is 60.3. The summed E-state index contributed by atoms with van der Waals surface area (Å²) < 4.78 is 5.36. The Morgan fingerprint density at radius 2 is 1.04 bits per heavy atom. The van der Waals surface area contributed by atoms with Crippen LogP contribution in [0.1, 0.15) is 0 Å². The van der Waals surface area contributed by atoms with Gasteiger partial charge in [-0.15, -0.1) is 47.3 Å². The molecule has 16 nitrogen and oxygen atoms in total. The zero-order chi connectivity index (χ0) is 36.8. The second-order valence-electron chi connectivity index (χ2n) is 8.83. The highest BCUT2D eigenvalue weighted by Gasteiger charge is 2.15. The summed E-state index contributed by atoms with van der Waals surface area (Å²) in [5.74, 6) is -0.669. The molecule has 22 heteroatoms. The molecule has 49 heavy (non-hydrogen) atoms. The molecule has 0 aromatic heterocycles. The van der Waals surface area contributed by atoms with Crippen molar-refractivity contribution < 1.29 is 39.5 Å². The van der Waals surface area contributed by atoms with E-state index in [9.17, 15) is 45.1 Å². The molecule has 0 bridgehead atoms. The van der Waals surface area contributed by atoms with Crippen LogP contribution in [0.3, 0.4) is 0 Å². The molecule has 258 valence electrons. The molecule has 0 spiro atoms. The molecule has 0 fully saturated rings. The molecule has 0 unspecified atom stereocenters. The number of ether oxygens (including phenoxy) is 1. The maximum absolute atomic E-state index is 12.0. The van der Waals surface area contributed by atoms with Gasteiger partial charge in [0.25, 0.3) is 11.4 Å². The number of phenolic OH excluding ortho intramolecular Hbond substituents is 3. The van der Waals surface area contributed by atoms with Crippen molar-refractivity contribution in [2.75, 3.05) is 28.4 Å². The van der Waals surface area contributed by atoms with Crippen LogP contribution < -0.4 is 26.0 Å². The molecule has 0 heterocycles. The number of rotatable bonds is 7. The fraction of sp³-hybridized carbons (Fsp3) is 0.0370. The largest absolute Gasteiger partial charge is 0.506 e. The first-order valence-electron chi connectivity index (χ1n) is 12.9. The van der Waals surface area contributed by atoms with Gasteiger partial charge >= 0.3 is 15.2 Å². The van der Waals surface area contributed by atoms with Crippen molar-refractivity contribution in [2.24, 2.45) is 0 Å². The molecule has 0 aliphatic carbocycles. The molecule has 0 aliphatic rings. The highest BCUT2D eigenvalue weighted by atomic mass is 79.9. The van der Waals surface area contributed by atoms with Gasteiger partial charge in [-0.05, 0) is 48.5 Å². The highest BCUT2D eigenvalue weighted by molar-refractivity contribution is 9.69. The van der Waals surface area contributed by atoms with Crippen molar-refractivity contribution in [3.05, 3.63) is 103 Å². The predicted octanol–water partition coefficient (Wildman–Crippen LogP) is 9.07. The number of nitrogens with zero attached hydrogens (tertiary/aromatic N) is 2. The summed E-state index contributed by atoms with van der Waals surface area (Å²) in [5.41, 5.74) is -0.190. The van der Waals surface area contributed by atoms with E-state index in [-0.39, 0.29) is 37.4 Å². The van der Waals surface area contributed by atoms with Gasteiger partial charge in [0.2, 0.25) is 0 Å². The SMILES string of the molecule is BrB(Br)Br.COc1ccc(Cl)cc1NC(=O)Nc1ccc([N+](=O)[O-])cc1O.O=C(Nc1ccc([N+](=O)[O-])cc1O)Nc1cc(Cl)ccc1O. The number of methoxy groups -OCH3 is 1. The van der Waals surface area contributed by atoms with Crippen molar-refractivity contribution in [3.8, 4) is 23.0 Å². The number of nitro benzene ring substituents is 2. The lowest BCUT2D eigenvalue weighted by molar-refractivity contribution is -0.385. The fourth-order valence-electron chi connectivity index (χ4n) is 3.42. The molecule has 0 saturated heterocycles. The lowest BCUT2D eigenvalue weighted by Gasteiger charge is -2.12. The van der Waals surface area contributed by atoms with Crippen molar-refractivity contribution >= 4 is 120 Å².